The number of phenols is 1. The third-order valence-corrected chi connectivity index (χ3v) is 8.89. The first kappa shape index (κ1) is 25.5. The number of benzene rings is 2. The summed E-state index contributed by atoms with van der Waals surface area (Å²) in [6.45, 7) is 1.80. The zero-order valence-corrected chi connectivity index (χ0v) is 23.0. The fourth-order valence-corrected chi connectivity index (χ4v) is 7.15. The van der Waals surface area contributed by atoms with Gasteiger partial charge in [-0.1, -0.05) is 57.9 Å². The van der Waals surface area contributed by atoms with Crippen LogP contribution in [0.2, 0.25) is 0 Å². The quantitative estimate of drug-likeness (QED) is 0.313. The fourth-order valence-electron chi connectivity index (χ4n) is 6.69. The molecule has 198 valence electrons. The van der Waals surface area contributed by atoms with Gasteiger partial charge in [-0.25, -0.2) is 0 Å². The maximum atomic E-state index is 13.9. The molecule has 3 aliphatic carbocycles. The molecule has 2 aromatic carbocycles. The Morgan fingerprint density at radius 2 is 1.79 bits per heavy atom. The summed E-state index contributed by atoms with van der Waals surface area (Å²) >= 11 is 3.47. The van der Waals surface area contributed by atoms with E-state index in [1.54, 1.807) is 19.1 Å². The Labute approximate surface area is 234 Å². The van der Waals surface area contributed by atoms with Crippen LogP contribution in [0.15, 0.2) is 81.4 Å². The summed E-state index contributed by atoms with van der Waals surface area (Å²) in [5, 5.41) is 11.2. The largest absolute Gasteiger partial charge is 0.504 e. The van der Waals surface area contributed by atoms with Gasteiger partial charge < -0.3 is 9.84 Å². The van der Waals surface area contributed by atoms with Crippen molar-refractivity contribution in [3.63, 3.8) is 0 Å². The topological polar surface area (TPSA) is 101 Å². The number of hydrogen-bond donors (Lipinski definition) is 1. The van der Waals surface area contributed by atoms with E-state index in [-0.39, 0.29) is 47.8 Å². The number of Topliss-reactive ketones (excluding diaryl/α,β-unsaturated/α-hetero) is 1. The third-order valence-electron chi connectivity index (χ3n) is 8.44. The molecule has 1 fully saturated rings. The number of ether oxygens (including phenoxy) is 1. The van der Waals surface area contributed by atoms with Gasteiger partial charge in [0.2, 0.25) is 11.8 Å². The van der Waals surface area contributed by atoms with E-state index in [1.807, 2.05) is 36.4 Å². The predicted octanol–water partition coefficient (Wildman–Crippen LogP) is 4.79. The first-order valence-corrected chi connectivity index (χ1v) is 13.7. The highest BCUT2D eigenvalue weighted by atomic mass is 79.9. The molecule has 0 spiro atoms. The summed E-state index contributed by atoms with van der Waals surface area (Å²) in [7, 11) is 1.44. The Morgan fingerprint density at radius 3 is 2.51 bits per heavy atom. The van der Waals surface area contributed by atoms with E-state index >= 15 is 0 Å². The fraction of sp³-hybridized carbons (Fsp3) is 0.290. The van der Waals surface area contributed by atoms with Gasteiger partial charge >= 0.3 is 0 Å². The molecular formula is C31H26BrNO6. The van der Waals surface area contributed by atoms with Crippen molar-refractivity contribution in [1.82, 2.24) is 4.90 Å². The van der Waals surface area contributed by atoms with Crippen LogP contribution in [-0.2, 0) is 25.7 Å². The minimum absolute atomic E-state index is 0.132. The minimum Gasteiger partial charge on any atom is -0.504 e. The van der Waals surface area contributed by atoms with Gasteiger partial charge in [-0.2, -0.15) is 0 Å². The highest BCUT2D eigenvalue weighted by Crippen LogP contribution is 2.57. The number of phenolic OH excluding ortho intramolecular Hbond substituents is 1. The van der Waals surface area contributed by atoms with Gasteiger partial charge in [-0.05, 0) is 49.5 Å². The molecule has 4 atom stereocenters. The molecular weight excluding hydrogens is 562 g/mol. The number of aromatic hydroxyl groups is 1. The SMILES string of the molecule is COc1cc(Br)cc([C@H]2C3=CC[C@@H]4C(=O)N(Cc5ccccc5)C(=O)[C@@H]4[C@@H]3CC3=C2C(=O)C=C(C)C3=O)c1O. The average molecular weight is 588 g/mol. The lowest BCUT2D eigenvalue weighted by Crippen LogP contribution is -2.39. The zero-order chi connectivity index (χ0) is 27.6. The summed E-state index contributed by atoms with van der Waals surface area (Å²) in [4.78, 5) is 55.5. The Morgan fingerprint density at radius 1 is 1.05 bits per heavy atom. The number of likely N-dealkylation sites (tertiary alicyclic amines) is 1. The van der Waals surface area contributed by atoms with Crippen LogP contribution < -0.4 is 4.74 Å². The lowest BCUT2D eigenvalue weighted by atomic mass is 9.59. The van der Waals surface area contributed by atoms with Crippen LogP contribution in [0.4, 0.5) is 0 Å². The number of methoxy groups -OCH3 is 1. The predicted molar refractivity (Wildman–Crippen MR) is 146 cm³/mol. The van der Waals surface area contributed by atoms with E-state index in [0.717, 1.165) is 11.1 Å². The molecule has 1 saturated heterocycles. The van der Waals surface area contributed by atoms with Crippen LogP contribution >= 0.6 is 15.9 Å². The molecule has 0 saturated carbocycles. The molecule has 0 radical (unpaired) electrons. The van der Waals surface area contributed by atoms with Crippen molar-refractivity contribution in [2.24, 2.45) is 17.8 Å². The van der Waals surface area contributed by atoms with Crippen molar-refractivity contribution in [3.8, 4) is 11.5 Å². The van der Waals surface area contributed by atoms with Crippen LogP contribution in [0, 0.1) is 17.8 Å². The molecule has 0 unspecified atom stereocenters. The first-order chi connectivity index (χ1) is 18.7. The molecule has 2 aromatic rings. The standard InChI is InChI=1S/C31H26BrNO6/c1-15-10-23(34)27-22(28(15)35)13-20-18(25(27)21-11-17(32)12-24(39-2)29(21)36)8-9-19-26(20)31(38)33(30(19)37)14-16-6-4-3-5-7-16/h3-8,10-12,19-20,25-26,36H,9,13-14H2,1-2H3/t19-,20+,25+,26-/m0/s1. The lowest BCUT2D eigenvalue weighted by molar-refractivity contribution is -0.140. The molecule has 1 aliphatic heterocycles. The van der Waals surface area contributed by atoms with Crippen LogP contribution in [0.3, 0.4) is 0 Å². The van der Waals surface area contributed by atoms with Gasteiger partial charge in [0.25, 0.3) is 0 Å². The van der Waals surface area contributed by atoms with E-state index in [4.69, 9.17) is 4.74 Å². The van der Waals surface area contributed by atoms with E-state index in [0.29, 0.717) is 33.2 Å². The summed E-state index contributed by atoms with van der Waals surface area (Å²) in [6, 6.07) is 12.7. The lowest BCUT2D eigenvalue weighted by Gasteiger charge is -2.42. The monoisotopic (exact) mass is 587 g/mol. The van der Waals surface area contributed by atoms with E-state index in [2.05, 4.69) is 15.9 Å². The highest BCUT2D eigenvalue weighted by molar-refractivity contribution is 9.10. The normalized spacial score (nSPS) is 26.2. The number of halogens is 1. The van der Waals surface area contributed by atoms with Crippen molar-refractivity contribution in [1.29, 1.82) is 0 Å². The number of ketones is 2. The van der Waals surface area contributed by atoms with Crippen molar-refractivity contribution >= 4 is 39.3 Å². The van der Waals surface area contributed by atoms with Crippen LogP contribution in [-0.4, -0.2) is 40.5 Å². The van der Waals surface area contributed by atoms with E-state index in [9.17, 15) is 24.3 Å². The Bertz CT molecular complexity index is 1550. The number of rotatable bonds is 4. The zero-order valence-electron chi connectivity index (χ0n) is 21.4. The summed E-state index contributed by atoms with van der Waals surface area (Å²) < 4.78 is 6.01. The molecule has 1 N–H and O–H groups in total. The number of imide groups is 1. The van der Waals surface area contributed by atoms with Crippen molar-refractivity contribution in [2.75, 3.05) is 7.11 Å². The van der Waals surface area contributed by atoms with Gasteiger partial charge in [-0.15, -0.1) is 0 Å². The highest BCUT2D eigenvalue weighted by Gasteiger charge is 2.56. The molecule has 6 rings (SSSR count). The van der Waals surface area contributed by atoms with Gasteiger partial charge in [0.15, 0.2) is 23.1 Å². The van der Waals surface area contributed by atoms with Crippen LogP contribution in [0.1, 0.15) is 36.8 Å². The second-order valence-electron chi connectivity index (χ2n) is 10.5. The Balaban J connectivity index is 1.49. The molecule has 39 heavy (non-hydrogen) atoms. The molecule has 0 aromatic heterocycles. The molecule has 0 bridgehead atoms. The summed E-state index contributed by atoms with van der Waals surface area (Å²) in [6.07, 6.45) is 3.82. The van der Waals surface area contributed by atoms with Gasteiger partial charge in [-0.3, -0.25) is 24.1 Å². The van der Waals surface area contributed by atoms with Gasteiger partial charge in [0.1, 0.15) is 0 Å². The van der Waals surface area contributed by atoms with Crippen molar-refractivity contribution in [2.45, 2.75) is 32.2 Å². The number of allylic oxidation sites excluding steroid dienone is 6. The third kappa shape index (κ3) is 3.92. The molecule has 1 heterocycles. The molecule has 4 aliphatic rings. The summed E-state index contributed by atoms with van der Waals surface area (Å²) in [5.74, 6) is -3.30. The number of carbonyl (C=O) groups excluding carboxylic acids is 4. The second-order valence-corrected chi connectivity index (χ2v) is 11.4. The Kier molecular flexibility index (Phi) is 6.18. The smallest absolute Gasteiger partial charge is 0.234 e. The maximum Gasteiger partial charge on any atom is 0.234 e. The molecule has 2 amide bonds. The number of amides is 2. The average Bonchev–Trinajstić information content (AvgIpc) is 3.17. The number of fused-ring (bicyclic) bond motifs is 3. The Hall–Kier alpha value is -3.78. The van der Waals surface area contributed by atoms with E-state index in [1.165, 1.54) is 18.1 Å². The van der Waals surface area contributed by atoms with E-state index < -0.39 is 23.7 Å². The number of carbonyl (C=O) groups is 4. The maximum absolute atomic E-state index is 13.9. The van der Waals surface area contributed by atoms with Gasteiger partial charge in [0, 0.05) is 32.7 Å². The molecule has 7 nitrogen and oxygen atoms in total. The molecule has 8 heteroatoms. The number of hydrogen-bond acceptors (Lipinski definition) is 6. The minimum atomic E-state index is -0.752. The first-order valence-electron chi connectivity index (χ1n) is 12.9. The van der Waals surface area contributed by atoms with Crippen LogP contribution in [0.25, 0.3) is 0 Å². The van der Waals surface area contributed by atoms with Gasteiger partial charge in [0.05, 0.1) is 25.5 Å². The van der Waals surface area contributed by atoms with Crippen molar-refractivity contribution < 1.29 is 29.0 Å². The van der Waals surface area contributed by atoms with Crippen LogP contribution in [0.5, 0.6) is 11.5 Å². The second kappa shape index (κ2) is 9.45. The van der Waals surface area contributed by atoms with Crippen molar-refractivity contribution in [3.05, 3.63) is 92.5 Å². The number of nitrogens with zero attached hydrogens (tertiary/aromatic N) is 1. The summed E-state index contributed by atoms with van der Waals surface area (Å²) in [5.41, 5.74) is 3.07.